The molecule has 0 bridgehead atoms. The van der Waals surface area contributed by atoms with Crippen LogP contribution in [-0.4, -0.2) is 20.8 Å². The highest BCUT2D eigenvalue weighted by Gasteiger charge is 2.19. The molecule has 2 heterocycles. The SMILES string of the molecule is CCc1c(C)noc1NC(=O)c1cc(CC(C)C)nn1CC. The number of hydrogen-bond donors (Lipinski definition) is 1. The van der Waals surface area contributed by atoms with Gasteiger partial charge in [-0.15, -0.1) is 0 Å². The molecule has 0 atom stereocenters. The maximum atomic E-state index is 12.5. The molecule has 0 saturated heterocycles. The van der Waals surface area contributed by atoms with E-state index in [-0.39, 0.29) is 5.91 Å². The number of hydrogen-bond acceptors (Lipinski definition) is 4. The molecular formula is C16H24N4O2. The molecule has 0 spiro atoms. The second-order valence-corrected chi connectivity index (χ2v) is 5.82. The first kappa shape index (κ1) is 16.3. The lowest BCUT2D eigenvalue weighted by Gasteiger charge is -2.05. The number of carbonyl (C=O) groups excluding carboxylic acids is 1. The van der Waals surface area contributed by atoms with Crippen LogP contribution in [0.5, 0.6) is 0 Å². The molecule has 0 aliphatic rings. The van der Waals surface area contributed by atoms with E-state index in [0.717, 1.165) is 29.8 Å². The standard InChI is InChI=1S/C16H24N4O2/c1-6-13-11(5)19-22-16(13)17-15(21)14-9-12(8-10(3)4)18-20(14)7-2/h9-10H,6-8H2,1-5H3,(H,17,21). The van der Waals surface area contributed by atoms with Crippen LogP contribution in [0, 0.1) is 12.8 Å². The summed E-state index contributed by atoms with van der Waals surface area (Å²) >= 11 is 0. The third-order valence-corrected chi connectivity index (χ3v) is 3.55. The van der Waals surface area contributed by atoms with E-state index in [2.05, 4.69) is 29.4 Å². The number of anilines is 1. The summed E-state index contributed by atoms with van der Waals surface area (Å²) in [6.07, 6.45) is 1.62. The average Bonchev–Trinajstić information content (AvgIpc) is 3.01. The normalized spacial score (nSPS) is 11.2. The molecule has 0 saturated carbocycles. The monoisotopic (exact) mass is 304 g/mol. The van der Waals surface area contributed by atoms with Crippen molar-refractivity contribution in [1.82, 2.24) is 14.9 Å². The van der Waals surface area contributed by atoms with Crippen LogP contribution in [0.25, 0.3) is 0 Å². The van der Waals surface area contributed by atoms with Crippen LogP contribution in [0.4, 0.5) is 5.88 Å². The second kappa shape index (κ2) is 6.77. The van der Waals surface area contributed by atoms with E-state index >= 15 is 0 Å². The number of aromatic nitrogens is 3. The maximum absolute atomic E-state index is 12.5. The van der Waals surface area contributed by atoms with Crippen molar-refractivity contribution in [1.29, 1.82) is 0 Å². The van der Waals surface area contributed by atoms with E-state index in [1.54, 1.807) is 4.68 Å². The number of aryl methyl sites for hydroxylation is 2. The van der Waals surface area contributed by atoms with Crippen molar-refractivity contribution >= 4 is 11.8 Å². The zero-order valence-corrected chi connectivity index (χ0v) is 13.9. The molecule has 0 aliphatic carbocycles. The Kier molecular flexibility index (Phi) is 5.00. The second-order valence-electron chi connectivity index (χ2n) is 5.82. The Morgan fingerprint density at radius 1 is 1.41 bits per heavy atom. The van der Waals surface area contributed by atoms with Crippen molar-refractivity contribution in [2.45, 2.75) is 54.0 Å². The average molecular weight is 304 g/mol. The van der Waals surface area contributed by atoms with E-state index in [9.17, 15) is 4.79 Å². The van der Waals surface area contributed by atoms with Crippen LogP contribution in [0.1, 0.15) is 55.1 Å². The van der Waals surface area contributed by atoms with Crippen molar-refractivity contribution in [2.75, 3.05) is 5.32 Å². The van der Waals surface area contributed by atoms with E-state index in [1.807, 2.05) is 26.8 Å². The Labute approximate surface area is 130 Å². The Morgan fingerprint density at radius 2 is 2.14 bits per heavy atom. The predicted molar refractivity (Wildman–Crippen MR) is 85.0 cm³/mol. The van der Waals surface area contributed by atoms with E-state index < -0.39 is 0 Å². The summed E-state index contributed by atoms with van der Waals surface area (Å²) in [5, 5.41) is 11.2. The molecule has 0 fully saturated rings. The van der Waals surface area contributed by atoms with Gasteiger partial charge in [0.05, 0.1) is 11.4 Å². The topological polar surface area (TPSA) is 73.0 Å². The Balaban J connectivity index is 2.23. The molecule has 2 rings (SSSR count). The molecule has 0 aliphatic heterocycles. The molecular weight excluding hydrogens is 280 g/mol. The minimum atomic E-state index is -0.213. The first-order valence-electron chi connectivity index (χ1n) is 7.79. The van der Waals surface area contributed by atoms with E-state index in [4.69, 9.17) is 4.52 Å². The predicted octanol–water partition coefficient (Wildman–Crippen LogP) is 3.21. The summed E-state index contributed by atoms with van der Waals surface area (Å²) in [5.41, 5.74) is 3.22. The van der Waals surface area contributed by atoms with Crippen LogP contribution in [0.15, 0.2) is 10.6 Å². The number of nitrogens with one attached hydrogen (secondary N) is 1. The van der Waals surface area contributed by atoms with Gasteiger partial charge in [0.1, 0.15) is 5.69 Å². The van der Waals surface area contributed by atoms with Gasteiger partial charge in [0.2, 0.25) is 5.88 Å². The summed E-state index contributed by atoms with van der Waals surface area (Å²) in [5.74, 6) is 0.717. The minimum absolute atomic E-state index is 0.213. The molecule has 2 aromatic rings. The van der Waals surface area contributed by atoms with Gasteiger partial charge in [-0.1, -0.05) is 25.9 Å². The fourth-order valence-corrected chi connectivity index (χ4v) is 2.48. The fourth-order valence-electron chi connectivity index (χ4n) is 2.48. The van der Waals surface area contributed by atoms with Gasteiger partial charge in [0.25, 0.3) is 5.91 Å². The summed E-state index contributed by atoms with van der Waals surface area (Å²) in [6, 6.07) is 1.85. The zero-order valence-electron chi connectivity index (χ0n) is 13.9. The van der Waals surface area contributed by atoms with Gasteiger partial charge in [0, 0.05) is 12.1 Å². The van der Waals surface area contributed by atoms with Crippen LogP contribution in [-0.2, 0) is 19.4 Å². The third kappa shape index (κ3) is 3.37. The van der Waals surface area contributed by atoms with Crippen molar-refractivity contribution < 1.29 is 9.32 Å². The Hall–Kier alpha value is -2.11. The summed E-state index contributed by atoms with van der Waals surface area (Å²) < 4.78 is 6.94. The Morgan fingerprint density at radius 3 is 2.73 bits per heavy atom. The first-order valence-corrected chi connectivity index (χ1v) is 7.79. The summed E-state index contributed by atoms with van der Waals surface area (Å²) in [6.45, 7) is 10.8. The highest BCUT2D eigenvalue weighted by Crippen LogP contribution is 2.21. The highest BCUT2D eigenvalue weighted by molar-refractivity contribution is 6.02. The molecule has 120 valence electrons. The van der Waals surface area contributed by atoms with Gasteiger partial charge in [-0.2, -0.15) is 5.10 Å². The van der Waals surface area contributed by atoms with Crippen LogP contribution >= 0.6 is 0 Å². The number of carbonyl (C=O) groups is 1. The van der Waals surface area contributed by atoms with Crippen molar-refractivity contribution in [3.63, 3.8) is 0 Å². The van der Waals surface area contributed by atoms with Crippen LogP contribution in [0.3, 0.4) is 0 Å². The quantitative estimate of drug-likeness (QED) is 0.889. The van der Waals surface area contributed by atoms with Gasteiger partial charge in [-0.05, 0) is 38.7 Å². The lowest BCUT2D eigenvalue weighted by molar-refractivity contribution is 0.101. The molecule has 6 nitrogen and oxygen atoms in total. The van der Waals surface area contributed by atoms with E-state index in [0.29, 0.717) is 24.0 Å². The third-order valence-electron chi connectivity index (χ3n) is 3.55. The largest absolute Gasteiger partial charge is 0.338 e. The molecule has 1 N–H and O–H groups in total. The molecule has 0 unspecified atom stereocenters. The molecule has 6 heteroatoms. The molecule has 1 amide bonds. The van der Waals surface area contributed by atoms with Crippen molar-refractivity contribution in [3.05, 3.63) is 28.7 Å². The van der Waals surface area contributed by atoms with Gasteiger partial charge in [-0.3, -0.25) is 14.8 Å². The van der Waals surface area contributed by atoms with Crippen molar-refractivity contribution in [2.24, 2.45) is 5.92 Å². The van der Waals surface area contributed by atoms with Gasteiger partial charge < -0.3 is 4.52 Å². The lowest BCUT2D eigenvalue weighted by Crippen LogP contribution is -2.17. The van der Waals surface area contributed by atoms with Gasteiger partial charge in [0.15, 0.2) is 0 Å². The fraction of sp³-hybridized carbons (Fsp3) is 0.562. The Bertz CT molecular complexity index is 655. The first-order chi connectivity index (χ1) is 10.5. The molecule has 0 aromatic carbocycles. The number of amides is 1. The highest BCUT2D eigenvalue weighted by atomic mass is 16.5. The smallest absolute Gasteiger partial charge is 0.276 e. The summed E-state index contributed by atoms with van der Waals surface area (Å²) in [7, 11) is 0. The molecule has 2 aromatic heterocycles. The lowest BCUT2D eigenvalue weighted by atomic mass is 10.1. The zero-order chi connectivity index (χ0) is 16.3. The van der Waals surface area contributed by atoms with Crippen LogP contribution in [0.2, 0.25) is 0 Å². The maximum Gasteiger partial charge on any atom is 0.276 e. The number of nitrogens with zero attached hydrogens (tertiary/aromatic N) is 3. The minimum Gasteiger partial charge on any atom is -0.338 e. The number of rotatable bonds is 6. The molecule has 22 heavy (non-hydrogen) atoms. The van der Waals surface area contributed by atoms with Gasteiger partial charge in [-0.25, -0.2) is 0 Å². The summed E-state index contributed by atoms with van der Waals surface area (Å²) in [4.78, 5) is 12.5. The molecule has 0 radical (unpaired) electrons. The van der Waals surface area contributed by atoms with Gasteiger partial charge >= 0.3 is 0 Å². The van der Waals surface area contributed by atoms with Crippen molar-refractivity contribution in [3.8, 4) is 0 Å². The van der Waals surface area contributed by atoms with E-state index in [1.165, 1.54) is 0 Å². The van der Waals surface area contributed by atoms with Crippen LogP contribution < -0.4 is 5.32 Å².